The molecule has 0 aliphatic carbocycles. The fourth-order valence-electron chi connectivity index (χ4n) is 2.20. The Hall–Kier alpha value is -0.800. The molecular weight excluding hydrogens is 243 g/mol. The molecule has 1 fully saturated rings. The Morgan fingerprint density at radius 2 is 2.00 bits per heavy atom. The first-order chi connectivity index (χ1) is 8.47. The third kappa shape index (κ3) is 4.83. The summed E-state index contributed by atoms with van der Waals surface area (Å²) in [6, 6.07) is 1.42. The van der Waals surface area contributed by atoms with Gasteiger partial charge in [-0.1, -0.05) is 6.92 Å². The van der Waals surface area contributed by atoms with Gasteiger partial charge in [0.05, 0.1) is 6.07 Å². The molecule has 0 bridgehead atoms. The van der Waals surface area contributed by atoms with E-state index in [-0.39, 0.29) is 12.6 Å². The summed E-state index contributed by atoms with van der Waals surface area (Å²) in [4.78, 5) is 2.32. The molecule has 0 amide bonds. The van der Waals surface area contributed by atoms with Gasteiger partial charge in [-0.3, -0.25) is 0 Å². The number of hydrogen-bond acceptors (Lipinski definition) is 3. The van der Waals surface area contributed by atoms with Crippen LogP contribution in [0.15, 0.2) is 0 Å². The van der Waals surface area contributed by atoms with Gasteiger partial charge in [0, 0.05) is 12.6 Å². The number of nitrogens with one attached hydrogen (secondary N) is 1. The van der Waals surface area contributed by atoms with Crippen LogP contribution >= 0.6 is 0 Å². The number of halogens is 3. The van der Waals surface area contributed by atoms with Crippen LogP contribution in [0.3, 0.4) is 0 Å². The molecule has 1 aliphatic rings. The van der Waals surface area contributed by atoms with Gasteiger partial charge in [-0.05, 0) is 38.9 Å². The van der Waals surface area contributed by atoms with E-state index in [4.69, 9.17) is 5.26 Å². The van der Waals surface area contributed by atoms with E-state index >= 15 is 0 Å². The van der Waals surface area contributed by atoms with Crippen molar-refractivity contribution in [3.63, 3.8) is 0 Å². The first kappa shape index (κ1) is 15.3. The van der Waals surface area contributed by atoms with Crippen LogP contribution in [0, 0.1) is 17.2 Å². The van der Waals surface area contributed by atoms with Gasteiger partial charge in [0.2, 0.25) is 0 Å². The van der Waals surface area contributed by atoms with E-state index in [9.17, 15) is 13.2 Å². The van der Waals surface area contributed by atoms with Crippen molar-refractivity contribution in [1.29, 1.82) is 5.26 Å². The monoisotopic (exact) mass is 263 g/mol. The molecule has 0 aromatic rings. The van der Waals surface area contributed by atoms with Gasteiger partial charge in [0.1, 0.15) is 0 Å². The molecule has 18 heavy (non-hydrogen) atoms. The Morgan fingerprint density at radius 1 is 1.39 bits per heavy atom. The fourth-order valence-corrected chi connectivity index (χ4v) is 2.20. The molecule has 1 saturated heterocycles. The number of rotatable bonds is 5. The maximum Gasteiger partial charge on any atom is 0.405 e. The number of piperidine rings is 1. The van der Waals surface area contributed by atoms with Crippen molar-refractivity contribution in [2.24, 2.45) is 5.92 Å². The highest BCUT2D eigenvalue weighted by atomic mass is 19.4. The molecule has 1 heterocycles. The molecule has 0 aromatic carbocycles. The van der Waals surface area contributed by atoms with E-state index in [0.717, 1.165) is 38.9 Å². The zero-order chi connectivity index (χ0) is 13.6. The first-order valence-corrected chi connectivity index (χ1v) is 6.39. The normalized spacial score (nSPS) is 20.6. The standard InChI is InChI=1S/C12H20F3N3/c1-2-5-18-6-3-11(4-7-18)17-9-10(8-16)12(13,14)15/h10-11,17H,2-7,9H2,1H3. The lowest BCUT2D eigenvalue weighted by Crippen LogP contribution is -2.45. The molecule has 1 N–H and O–H groups in total. The molecule has 0 aromatic heterocycles. The minimum absolute atomic E-state index is 0.108. The Labute approximate surface area is 106 Å². The van der Waals surface area contributed by atoms with E-state index in [1.807, 2.05) is 0 Å². The smallest absolute Gasteiger partial charge is 0.312 e. The lowest BCUT2D eigenvalue weighted by atomic mass is 10.0. The van der Waals surface area contributed by atoms with Crippen LogP contribution in [0.4, 0.5) is 13.2 Å². The maximum atomic E-state index is 12.4. The Kier molecular flexibility index (Phi) is 5.89. The number of nitrogens with zero attached hydrogens (tertiary/aromatic N) is 2. The van der Waals surface area contributed by atoms with Crippen LogP contribution < -0.4 is 5.32 Å². The van der Waals surface area contributed by atoms with Crippen LogP contribution in [0.5, 0.6) is 0 Å². The second-order valence-corrected chi connectivity index (χ2v) is 4.75. The van der Waals surface area contributed by atoms with Crippen molar-refractivity contribution >= 4 is 0 Å². The maximum absolute atomic E-state index is 12.4. The molecule has 1 unspecified atom stereocenters. The predicted molar refractivity (Wildman–Crippen MR) is 62.9 cm³/mol. The highest BCUT2D eigenvalue weighted by molar-refractivity contribution is 4.91. The van der Waals surface area contributed by atoms with Crippen molar-refractivity contribution in [1.82, 2.24) is 10.2 Å². The largest absolute Gasteiger partial charge is 0.405 e. The predicted octanol–water partition coefficient (Wildman–Crippen LogP) is 2.15. The van der Waals surface area contributed by atoms with Crippen LogP contribution in [0.1, 0.15) is 26.2 Å². The molecule has 1 atom stereocenters. The minimum Gasteiger partial charge on any atom is -0.312 e. The SMILES string of the molecule is CCCN1CCC(NCC(C#N)C(F)(F)F)CC1. The van der Waals surface area contributed by atoms with E-state index in [0.29, 0.717) is 0 Å². The van der Waals surface area contributed by atoms with Gasteiger partial charge in [0.25, 0.3) is 0 Å². The van der Waals surface area contributed by atoms with E-state index < -0.39 is 12.1 Å². The lowest BCUT2D eigenvalue weighted by molar-refractivity contribution is -0.158. The fraction of sp³-hybridized carbons (Fsp3) is 0.917. The summed E-state index contributed by atoms with van der Waals surface area (Å²) in [5.74, 6) is -1.90. The van der Waals surface area contributed by atoms with Crippen LogP contribution in [0.25, 0.3) is 0 Å². The van der Waals surface area contributed by atoms with Gasteiger partial charge >= 0.3 is 6.18 Å². The van der Waals surface area contributed by atoms with Crippen molar-refractivity contribution in [3.05, 3.63) is 0 Å². The summed E-state index contributed by atoms with van der Waals surface area (Å²) >= 11 is 0. The van der Waals surface area contributed by atoms with E-state index in [1.165, 1.54) is 6.07 Å². The third-order valence-corrected chi connectivity index (χ3v) is 3.29. The van der Waals surface area contributed by atoms with Gasteiger partial charge in [0.15, 0.2) is 5.92 Å². The molecule has 1 aliphatic heterocycles. The molecule has 104 valence electrons. The van der Waals surface area contributed by atoms with Gasteiger partial charge in [-0.25, -0.2) is 0 Å². The second kappa shape index (κ2) is 6.95. The zero-order valence-electron chi connectivity index (χ0n) is 10.6. The number of likely N-dealkylation sites (tertiary alicyclic amines) is 1. The number of nitriles is 1. The highest BCUT2D eigenvalue weighted by Gasteiger charge is 2.39. The van der Waals surface area contributed by atoms with Crippen LogP contribution in [-0.2, 0) is 0 Å². The molecule has 0 saturated carbocycles. The average Bonchev–Trinajstić information content (AvgIpc) is 2.30. The topological polar surface area (TPSA) is 39.1 Å². The summed E-state index contributed by atoms with van der Waals surface area (Å²) < 4.78 is 37.1. The van der Waals surface area contributed by atoms with Crippen molar-refractivity contribution in [3.8, 4) is 6.07 Å². The van der Waals surface area contributed by atoms with E-state index in [2.05, 4.69) is 17.1 Å². The highest BCUT2D eigenvalue weighted by Crippen LogP contribution is 2.25. The Bertz CT molecular complexity index is 277. The Morgan fingerprint density at radius 3 is 2.44 bits per heavy atom. The number of alkyl halides is 3. The summed E-state index contributed by atoms with van der Waals surface area (Å²) in [6.45, 7) is 4.73. The molecule has 0 radical (unpaired) electrons. The van der Waals surface area contributed by atoms with Crippen molar-refractivity contribution in [2.75, 3.05) is 26.2 Å². The second-order valence-electron chi connectivity index (χ2n) is 4.75. The zero-order valence-corrected chi connectivity index (χ0v) is 10.6. The summed E-state index contributed by atoms with van der Waals surface area (Å²) in [5.41, 5.74) is 0. The molecular formula is C12H20F3N3. The van der Waals surface area contributed by atoms with Gasteiger partial charge in [-0.15, -0.1) is 0 Å². The Balaban J connectivity index is 2.27. The summed E-state index contributed by atoms with van der Waals surface area (Å²) in [5, 5.41) is 11.4. The molecule has 3 nitrogen and oxygen atoms in total. The minimum atomic E-state index is -4.43. The first-order valence-electron chi connectivity index (χ1n) is 6.39. The van der Waals surface area contributed by atoms with Crippen LogP contribution in [0.2, 0.25) is 0 Å². The van der Waals surface area contributed by atoms with Crippen molar-refractivity contribution < 1.29 is 13.2 Å². The average molecular weight is 263 g/mol. The number of hydrogen-bond donors (Lipinski definition) is 1. The summed E-state index contributed by atoms with van der Waals surface area (Å²) in [6.07, 6.45) is -1.61. The third-order valence-electron chi connectivity index (χ3n) is 3.29. The quantitative estimate of drug-likeness (QED) is 0.826. The molecule has 0 spiro atoms. The lowest BCUT2D eigenvalue weighted by Gasteiger charge is -2.32. The summed E-state index contributed by atoms with van der Waals surface area (Å²) in [7, 11) is 0. The van der Waals surface area contributed by atoms with Crippen LogP contribution in [-0.4, -0.2) is 43.3 Å². The molecule has 6 heteroatoms. The van der Waals surface area contributed by atoms with Gasteiger partial charge < -0.3 is 10.2 Å². The molecule has 1 rings (SSSR count). The van der Waals surface area contributed by atoms with E-state index in [1.54, 1.807) is 0 Å². The van der Waals surface area contributed by atoms with Gasteiger partial charge in [-0.2, -0.15) is 18.4 Å². The van der Waals surface area contributed by atoms with Crippen molar-refractivity contribution in [2.45, 2.75) is 38.4 Å².